The van der Waals surface area contributed by atoms with Crippen LogP contribution in [0.1, 0.15) is 88.2 Å². The zero-order chi connectivity index (χ0) is 26.1. The summed E-state index contributed by atoms with van der Waals surface area (Å²) in [5.74, 6) is 7.77. The van der Waals surface area contributed by atoms with Crippen LogP contribution in [0, 0.1) is 35.5 Å². The highest BCUT2D eigenvalue weighted by molar-refractivity contribution is 5.92. The van der Waals surface area contributed by atoms with E-state index in [1.807, 2.05) is 0 Å². The van der Waals surface area contributed by atoms with Crippen LogP contribution in [0.3, 0.4) is 0 Å². The van der Waals surface area contributed by atoms with E-state index < -0.39 is 0 Å². The van der Waals surface area contributed by atoms with E-state index in [9.17, 15) is 0 Å². The van der Waals surface area contributed by atoms with Crippen LogP contribution in [0.5, 0.6) is 11.5 Å². The van der Waals surface area contributed by atoms with E-state index in [0.717, 1.165) is 54.5 Å². The molecule has 8 aliphatic carbocycles. The van der Waals surface area contributed by atoms with Crippen LogP contribution in [0.2, 0.25) is 0 Å². The third kappa shape index (κ3) is 3.77. The Labute approximate surface area is 238 Å². The minimum Gasteiger partial charge on any atom is -0.491 e. The van der Waals surface area contributed by atoms with Gasteiger partial charge >= 0.3 is 0 Å². The molecule has 4 heteroatoms. The lowest BCUT2D eigenvalue weighted by Gasteiger charge is -2.61. The summed E-state index contributed by atoms with van der Waals surface area (Å²) in [4.78, 5) is 0. The van der Waals surface area contributed by atoms with Crippen LogP contribution in [-0.4, -0.2) is 38.6 Å². The molecule has 12 rings (SSSR count). The van der Waals surface area contributed by atoms with Gasteiger partial charge in [0.1, 0.15) is 36.9 Å². The molecule has 10 aliphatic rings. The molecule has 40 heavy (non-hydrogen) atoms. The molecule has 2 atom stereocenters. The van der Waals surface area contributed by atoms with Gasteiger partial charge in [-0.05, 0) is 153 Å². The summed E-state index contributed by atoms with van der Waals surface area (Å²) in [5.41, 5.74) is 4.05. The Morgan fingerprint density at radius 1 is 0.625 bits per heavy atom. The van der Waals surface area contributed by atoms with Crippen molar-refractivity contribution in [1.29, 1.82) is 0 Å². The van der Waals surface area contributed by atoms with Crippen LogP contribution >= 0.6 is 0 Å². The Hall–Kier alpha value is -1.78. The molecule has 10 fully saturated rings. The van der Waals surface area contributed by atoms with Gasteiger partial charge in [-0.15, -0.1) is 0 Å². The van der Waals surface area contributed by atoms with Crippen molar-refractivity contribution in [3.8, 4) is 11.5 Å². The Balaban J connectivity index is 1.18. The van der Waals surface area contributed by atoms with Crippen LogP contribution in [-0.2, 0) is 20.3 Å². The monoisotopic (exact) mass is 540 g/mol. The van der Waals surface area contributed by atoms with Crippen molar-refractivity contribution >= 4 is 10.8 Å². The van der Waals surface area contributed by atoms with E-state index in [1.54, 1.807) is 11.1 Å². The van der Waals surface area contributed by atoms with Crippen molar-refractivity contribution < 1.29 is 18.9 Å². The first-order valence-corrected chi connectivity index (χ1v) is 16.7. The highest BCUT2D eigenvalue weighted by atomic mass is 16.6. The summed E-state index contributed by atoms with van der Waals surface area (Å²) < 4.78 is 24.4. The molecule has 2 aromatic rings. The number of hydrogen-bond acceptors (Lipinski definition) is 4. The van der Waals surface area contributed by atoms with Crippen LogP contribution in [0.4, 0.5) is 0 Å². The predicted molar refractivity (Wildman–Crippen MR) is 154 cm³/mol. The van der Waals surface area contributed by atoms with E-state index in [2.05, 4.69) is 24.3 Å². The fraction of sp³-hybridized carbons (Fsp3) is 0.722. The molecule has 0 spiro atoms. The van der Waals surface area contributed by atoms with Crippen molar-refractivity contribution in [3.63, 3.8) is 0 Å². The molecular formula is C36H44O4. The van der Waals surface area contributed by atoms with Crippen molar-refractivity contribution in [1.82, 2.24) is 0 Å². The fourth-order valence-corrected chi connectivity index (χ4v) is 12.1. The van der Waals surface area contributed by atoms with Crippen LogP contribution in [0.15, 0.2) is 24.3 Å². The molecule has 0 aromatic heterocycles. The van der Waals surface area contributed by atoms with Crippen LogP contribution in [0.25, 0.3) is 10.8 Å². The second-order valence-corrected chi connectivity index (χ2v) is 15.9. The maximum atomic E-state index is 7.03. The van der Waals surface area contributed by atoms with E-state index in [4.69, 9.17) is 18.9 Å². The largest absolute Gasteiger partial charge is 0.491 e. The standard InChI is InChI=1S/C36H44O4/c1-2-31-27(9-28(1)37-17-29-18-38-29)10-32(35-11-21-3-22(12-35)5-23(4-21)13-35)33(34(31)40-20-30-19-39-30)36-14-24-6-25(15-36)8-26(7-24)16-36/h1-2,9-10,21-26,29-30H,3-8,11-20H2. The minimum atomic E-state index is 0.267. The van der Waals surface area contributed by atoms with Crippen molar-refractivity contribution in [2.24, 2.45) is 35.5 Å². The lowest BCUT2D eigenvalue weighted by Crippen LogP contribution is -2.52. The minimum absolute atomic E-state index is 0.267. The summed E-state index contributed by atoms with van der Waals surface area (Å²) in [6.45, 7) is 3.02. The van der Waals surface area contributed by atoms with Gasteiger partial charge in [0.05, 0.1) is 13.2 Å². The SMILES string of the molecule is c1cc2c(OCC3CO3)c(C34CC5CC(CC(C5)C3)C4)c(C34CC5CC(CC(C5)C3)C4)cc2cc1OCC1CO1. The van der Waals surface area contributed by atoms with E-state index in [1.165, 1.54) is 93.6 Å². The van der Waals surface area contributed by atoms with Gasteiger partial charge in [-0.25, -0.2) is 0 Å². The zero-order valence-electron chi connectivity index (χ0n) is 23.9. The third-order valence-electron chi connectivity index (χ3n) is 12.9. The number of fused-ring (bicyclic) bond motifs is 1. The first kappa shape index (κ1) is 23.7. The quantitative estimate of drug-likeness (QED) is 0.329. The van der Waals surface area contributed by atoms with Gasteiger partial charge in [0, 0.05) is 16.4 Å². The van der Waals surface area contributed by atoms with Gasteiger partial charge in [0.15, 0.2) is 0 Å². The topological polar surface area (TPSA) is 43.5 Å². The number of hydrogen-bond donors (Lipinski definition) is 0. The van der Waals surface area contributed by atoms with Gasteiger partial charge in [-0.2, -0.15) is 0 Å². The number of rotatable bonds is 8. The molecule has 0 amide bonds. The highest BCUT2D eigenvalue weighted by Crippen LogP contribution is 2.67. The predicted octanol–water partition coefficient (Wildman–Crippen LogP) is 7.33. The lowest BCUT2D eigenvalue weighted by molar-refractivity contribution is -0.0183. The smallest absolute Gasteiger partial charge is 0.131 e. The maximum Gasteiger partial charge on any atom is 0.131 e. The average molecular weight is 541 g/mol. The van der Waals surface area contributed by atoms with Crippen LogP contribution < -0.4 is 9.47 Å². The summed E-state index contributed by atoms with van der Waals surface area (Å²) in [7, 11) is 0. The molecule has 4 nitrogen and oxygen atoms in total. The van der Waals surface area contributed by atoms with Gasteiger partial charge < -0.3 is 18.9 Å². The first-order valence-electron chi connectivity index (χ1n) is 16.7. The molecule has 2 unspecified atom stereocenters. The number of benzene rings is 2. The Morgan fingerprint density at radius 2 is 1.12 bits per heavy atom. The van der Waals surface area contributed by atoms with E-state index in [0.29, 0.717) is 24.0 Å². The summed E-state index contributed by atoms with van der Waals surface area (Å²) >= 11 is 0. The summed E-state index contributed by atoms with van der Waals surface area (Å²) in [5, 5.41) is 2.62. The van der Waals surface area contributed by atoms with Gasteiger partial charge in [0.25, 0.3) is 0 Å². The first-order chi connectivity index (χ1) is 19.6. The number of ether oxygens (including phenoxy) is 4. The second kappa shape index (κ2) is 8.40. The second-order valence-electron chi connectivity index (χ2n) is 15.9. The molecular weight excluding hydrogens is 496 g/mol. The van der Waals surface area contributed by atoms with Crippen molar-refractivity contribution in [3.05, 3.63) is 35.4 Å². The van der Waals surface area contributed by atoms with Gasteiger partial charge in [-0.1, -0.05) is 0 Å². The fourth-order valence-electron chi connectivity index (χ4n) is 12.1. The molecule has 2 aliphatic heterocycles. The molecule has 8 saturated carbocycles. The van der Waals surface area contributed by atoms with E-state index in [-0.39, 0.29) is 12.2 Å². The van der Waals surface area contributed by atoms with Gasteiger partial charge in [-0.3, -0.25) is 0 Å². The zero-order valence-corrected chi connectivity index (χ0v) is 23.9. The summed E-state index contributed by atoms with van der Waals surface area (Å²) in [6, 6.07) is 9.48. The Kier molecular flexibility index (Phi) is 4.99. The third-order valence-corrected chi connectivity index (χ3v) is 12.9. The molecule has 0 radical (unpaired) electrons. The molecule has 212 valence electrons. The molecule has 2 heterocycles. The summed E-state index contributed by atoms with van der Waals surface area (Å²) in [6.07, 6.45) is 17.9. The van der Waals surface area contributed by atoms with Crippen molar-refractivity contribution in [2.75, 3.05) is 26.4 Å². The average Bonchev–Trinajstić information content (AvgIpc) is 3.84. The molecule has 2 saturated heterocycles. The molecule has 2 aromatic carbocycles. The Bertz CT molecular complexity index is 1280. The maximum absolute atomic E-state index is 7.03. The highest BCUT2D eigenvalue weighted by Gasteiger charge is 2.57. The van der Waals surface area contributed by atoms with Gasteiger partial charge in [0.2, 0.25) is 0 Å². The number of epoxide rings is 2. The van der Waals surface area contributed by atoms with E-state index >= 15 is 0 Å². The van der Waals surface area contributed by atoms with Crippen molar-refractivity contribution in [2.45, 2.75) is 100 Å². The lowest BCUT2D eigenvalue weighted by atomic mass is 9.44. The normalized spacial score (nSPS) is 45.3. The molecule has 8 bridgehead atoms. The Morgan fingerprint density at radius 3 is 1.65 bits per heavy atom. The molecule has 0 N–H and O–H groups in total.